The molecule has 4 nitrogen and oxygen atoms in total. The van der Waals surface area contributed by atoms with Crippen LogP contribution in [0.1, 0.15) is 16.8 Å². The van der Waals surface area contributed by atoms with Gasteiger partial charge >= 0.3 is 0 Å². The lowest BCUT2D eigenvalue weighted by molar-refractivity contribution is 0.407. The molecule has 0 unspecified atom stereocenters. The maximum absolute atomic E-state index is 6.04. The zero-order chi connectivity index (χ0) is 16.6. The largest absolute Gasteiger partial charge is 0.496 e. The highest BCUT2D eigenvalue weighted by atomic mass is 35.5. The van der Waals surface area contributed by atoms with Crippen molar-refractivity contribution < 1.29 is 4.74 Å². The lowest BCUT2D eigenvalue weighted by Crippen LogP contribution is -1.99. The molecule has 23 heavy (non-hydrogen) atoms. The van der Waals surface area contributed by atoms with Gasteiger partial charge in [-0.2, -0.15) is 0 Å². The first kappa shape index (κ1) is 16.1. The van der Waals surface area contributed by atoms with Crippen molar-refractivity contribution in [3.8, 4) is 5.75 Å². The number of aromatic nitrogens is 3. The number of rotatable bonds is 4. The molecule has 0 N–H and O–H groups in total. The number of pyridine rings is 1. The second-order valence-electron chi connectivity index (χ2n) is 5.42. The number of halogens is 1. The minimum Gasteiger partial charge on any atom is -0.496 e. The molecular weight excluding hydrogens is 330 g/mol. The molecule has 0 bridgehead atoms. The van der Waals surface area contributed by atoms with Gasteiger partial charge in [-0.25, -0.2) is 4.98 Å². The third kappa shape index (κ3) is 3.03. The molecule has 2 heterocycles. The minimum absolute atomic E-state index is 0.702. The number of fused-ring (bicyclic) bond motifs is 1. The van der Waals surface area contributed by atoms with E-state index in [9.17, 15) is 0 Å². The Morgan fingerprint density at radius 3 is 2.83 bits per heavy atom. The van der Waals surface area contributed by atoms with Crippen molar-refractivity contribution in [1.29, 1.82) is 0 Å². The lowest BCUT2D eigenvalue weighted by Gasteiger charge is -2.11. The summed E-state index contributed by atoms with van der Waals surface area (Å²) < 4.78 is 7.55. The third-order valence-electron chi connectivity index (χ3n) is 3.89. The van der Waals surface area contributed by atoms with E-state index in [4.69, 9.17) is 16.3 Å². The average molecular weight is 348 g/mol. The van der Waals surface area contributed by atoms with Gasteiger partial charge < -0.3 is 9.30 Å². The molecule has 0 fully saturated rings. The van der Waals surface area contributed by atoms with Gasteiger partial charge in [0.05, 0.1) is 23.8 Å². The summed E-state index contributed by atoms with van der Waals surface area (Å²) in [5.41, 5.74) is 5.14. The van der Waals surface area contributed by atoms with Gasteiger partial charge in [-0.15, -0.1) is 0 Å². The van der Waals surface area contributed by atoms with Crippen molar-refractivity contribution in [1.82, 2.24) is 14.5 Å². The molecular formula is C17H18ClN3OS. The Morgan fingerprint density at radius 1 is 1.30 bits per heavy atom. The highest BCUT2D eigenvalue weighted by Crippen LogP contribution is 2.30. The minimum atomic E-state index is 0.702. The van der Waals surface area contributed by atoms with E-state index in [0.717, 1.165) is 44.5 Å². The van der Waals surface area contributed by atoms with Gasteiger partial charge in [-0.1, -0.05) is 23.4 Å². The van der Waals surface area contributed by atoms with Crippen LogP contribution in [0.15, 0.2) is 29.6 Å². The van der Waals surface area contributed by atoms with Crippen LogP contribution in [0.4, 0.5) is 0 Å². The van der Waals surface area contributed by atoms with E-state index < -0.39 is 0 Å². The van der Waals surface area contributed by atoms with Gasteiger partial charge in [0.1, 0.15) is 5.75 Å². The first-order valence-corrected chi connectivity index (χ1v) is 8.61. The van der Waals surface area contributed by atoms with Gasteiger partial charge in [0.15, 0.2) is 5.16 Å². The van der Waals surface area contributed by atoms with E-state index in [0.29, 0.717) is 5.02 Å². The van der Waals surface area contributed by atoms with Crippen molar-refractivity contribution in [3.05, 3.63) is 46.2 Å². The maximum Gasteiger partial charge on any atom is 0.169 e. The number of nitrogens with zero attached hydrogens (tertiary/aromatic N) is 3. The summed E-state index contributed by atoms with van der Waals surface area (Å²) in [6.45, 7) is 4.05. The van der Waals surface area contributed by atoms with Crippen LogP contribution in [0.3, 0.4) is 0 Å². The van der Waals surface area contributed by atoms with Gasteiger partial charge in [0.25, 0.3) is 0 Å². The summed E-state index contributed by atoms with van der Waals surface area (Å²) in [4.78, 5) is 9.20. The molecule has 120 valence electrons. The average Bonchev–Trinajstić information content (AvgIpc) is 2.82. The molecule has 3 aromatic rings. The molecule has 0 aliphatic heterocycles. The van der Waals surface area contributed by atoms with E-state index in [2.05, 4.69) is 14.5 Å². The number of aryl methyl sites for hydroxylation is 2. The zero-order valence-corrected chi connectivity index (χ0v) is 15.1. The molecule has 1 aromatic carbocycles. The van der Waals surface area contributed by atoms with E-state index in [1.165, 1.54) is 0 Å². The molecule has 0 aliphatic carbocycles. The first-order valence-electron chi connectivity index (χ1n) is 7.25. The van der Waals surface area contributed by atoms with Crippen molar-refractivity contribution >= 4 is 34.4 Å². The first-order chi connectivity index (χ1) is 11.0. The van der Waals surface area contributed by atoms with E-state index in [1.807, 2.05) is 45.3 Å². The predicted molar refractivity (Wildman–Crippen MR) is 95.5 cm³/mol. The number of hydrogen-bond acceptors (Lipinski definition) is 4. The highest BCUT2D eigenvalue weighted by molar-refractivity contribution is 7.98. The Bertz CT molecular complexity index is 876. The number of hydrogen-bond donors (Lipinski definition) is 0. The highest BCUT2D eigenvalue weighted by Gasteiger charge is 2.13. The summed E-state index contributed by atoms with van der Waals surface area (Å²) in [5.74, 6) is 1.65. The fraction of sp³-hybridized carbons (Fsp3) is 0.294. The molecule has 0 atom stereocenters. The molecule has 2 aromatic heterocycles. The Balaban J connectivity index is 1.88. The number of ether oxygens (including phenoxy) is 1. The topological polar surface area (TPSA) is 39.9 Å². The van der Waals surface area contributed by atoms with Crippen LogP contribution in [-0.2, 0) is 12.8 Å². The Hall–Kier alpha value is -1.72. The molecule has 0 aliphatic rings. The van der Waals surface area contributed by atoms with Crippen molar-refractivity contribution in [2.24, 2.45) is 7.05 Å². The van der Waals surface area contributed by atoms with Crippen LogP contribution in [-0.4, -0.2) is 21.6 Å². The van der Waals surface area contributed by atoms with Gasteiger partial charge in [-0.05, 0) is 32.0 Å². The maximum atomic E-state index is 6.04. The van der Waals surface area contributed by atoms with Gasteiger partial charge in [-0.3, -0.25) is 4.98 Å². The fourth-order valence-corrected chi connectivity index (χ4v) is 3.81. The number of methoxy groups -OCH3 is 1. The van der Waals surface area contributed by atoms with E-state index in [1.54, 1.807) is 18.9 Å². The summed E-state index contributed by atoms with van der Waals surface area (Å²) >= 11 is 7.70. The SMILES string of the molecule is COc1c(C)cnc(CSc2nc3cc(Cl)ccc3n2C)c1C. The molecule has 0 saturated heterocycles. The fourth-order valence-electron chi connectivity index (χ4n) is 2.63. The summed E-state index contributed by atoms with van der Waals surface area (Å²) in [6, 6.07) is 5.77. The van der Waals surface area contributed by atoms with E-state index >= 15 is 0 Å². The molecule has 0 radical (unpaired) electrons. The Kier molecular flexibility index (Phi) is 4.50. The molecule has 6 heteroatoms. The van der Waals surface area contributed by atoms with Crippen molar-refractivity contribution in [2.75, 3.05) is 7.11 Å². The van der Waals surface area contributed by atoms with Crippen LogP contribution in [0.25, 0.3) is 11.0 Å². The monoisotopic (exact) mass is 347 g/mol. The quantitative estimate of drug-likeness (QED) is 0.649. The van der Waals surface area contributed by atoms with Gasteiger partial charge in [0.2, 0.25) is 0 Å². The Labute approximate surface area is 144 Å². The normalized spacial score (nSPS) is 11.2. The lowest BCUT2D eigenvalue weighted by atomic mass is 10.1. The van der Waals surface area contributed by atoms with Crippen LogP contribution in [0.2, 0.25) is 5.02 Å². The second-order valence-corrected chi connectivity index (χ2v) is 6.80. The number of thioether (sulfide) groups is 1. The zero-order valence-electron chi connectivity index (χ0n) is 13.6. The Morgan fingerprint density at radius 2 is 2.09 bits per heavy atom. The summed E-state index contributed by atoms with van der Waals surface area (Å²) in [6.07, 6.45) is 1.86. The molecule has 0 spiro atoms. The number of imidazole rings is 1. The number of benzene rings is 1. The van der Waals surface area contributed by atoms with Crippen LogP contribution in [0, 0.1) is 13.8 Å². The standard InChI is InChI=1S/C17H18ClN3OS/c1-10-8-19-14(11(2)16(10)22-4)9-23-17-20-13-7-12(18)5-6-15(13)21(17)3/h5-8H,9H2,1-4H3. The van der Waals surface area contributed by atoms with Gasteiger partial charge in [0, 0.05) is 35.1 Å². The van der Waals surface area contributed by atoms with Crippen LogP contribution < -0.4 is 4.74 Å². The molecule has 0 amide bonds. The molecule has 3 rings (SSSR count). The second kappa shape index (κ2) is 6.42. The predicted octanol–water partition coefficient (Wildman–Crippen LogP) is 4.54. The smallest absolute Gasteiger partial charge is 0.169 e. The summed E-state index contributed by atoms with van der Waals surface area (Å²) in [5, 5.41) is 1.65. The summed E-state index contributed by atoms with van der Waals surface area (Å²) in [7, 11) is 3.71. The van der Waals surface area contributed by atoms with Crippen molar-refractivity contribution in [2.45, 2.75) is 24.8 Å². The van der Waals surface area contributed by atoms with E-state index in [-0.39, 0.29) is 0 Å². The van der Waals surface area contributed by atoms with Crippen LogP contribution >= 0.6 is 23.4 Å². The van der Waals surface area contributed by atoms with Crippen LogP contribution in [0.5, 0.6) is 5.75 Å². The third-order valence-corrected chi connectivity index (χ3v) is 5.17. The van der Waals surface area contributed by atoms with Crippen molar-refractivity contribution in [3.63, 3.8) is 0 Å². The molecule has 0 saturated carbocycles.